The van der Waals surface area contributed by atoms with E-state index in [1.54, 1.807) is 13.0 Å². The van der Waals surface area contributed by atoms with Crippen molar-refractivity contribution >= 4 is 27.1 Å². The molecular formula is C20H23F3N2O5S. The zero-order chi connectivity index (χ0) is 23.0. The van der Waals surface area contributed by atoms with Crippen LogP contribution in [0.15, 0.2) is 24.3 Å². The molecule has 2 aromatic rings. The third kappa shape index (κ3) is 4.58. The molecule has 0 radical (unpaired) electrons. The SMILES string of the molecule is COc1cc(F)c(F)c(Nc2ccc(C)cc2F)c1NS(=O)(=O)C1(CC(O)CO)CC1. The second-order valence-corrected chi connectivity index (χ2v) is 9.64. The van der Waals surface area contributed by atoms with Crippen molar-refractivity contribution < 1.29 is 36.5 Å². The molecular weight excluding hydrogens is 437 g/mol. The normalized spacial score (nSPS) is 16.0. The summed E-state index contributed by atoms with van der Waals surface area (Å²) in [6, 6.07) is 4.70. The Morgan fingerprint density at radius 2 is 1.84 bits per heavy atom. The van der Waals surface area contributed by atoms with Gasteiger partial charge in [-0.15, -0.1) is 0 Å². The van der Waals surface area contributed by atoms with Crippen LogP contribution in [0.1, 0.15) is 24.8 Å². The molecule has 0 bridgehead atoms. The van der Waals surface area contributed by atoms with Gasteiger partial charge in [0.2, 0.25) is 10.0 Å². The predicted octanol–water partition coefficient (Wildman–Crippen LogP) is 3.18. The highest BCUT2D eigenvalue weighted by Crippen LogP contribution is 2.49. The van der Waals surface area contributed by atoms with Crippen LogP contribution in [0.4, 0.5) is 30.2 Å². The lowest BCUT2D eigenvalue weighted by atomic mass is 10.2. The quantitative estimate of drug-likeness (QED) is 0.458. The van der Waals surface area contributed by atoms with Gasteiger partial charge in [0.1, 0.15) is 22.9 Å². The molecule has 170 valence electrons. The number of halogens is 3. The lowest BCUT2D eigenvalue weighted by Crippen LogP contribution is -2.34. The van der Waals surface area contributed by atoms with Gasteiger partial charge in [-0.3, -0.25) is 4.72 Å². The maximum Gasteiger partial charge on any atom is 0.238 e. The van der Waals surface area contributed by atoms with Gasteiger partial charge in [0.25, 0.3) is 0 Å². The smallest absolute Gasteiger partial charge is 0.238 e. The molecule has 0 saturated heterocycles. The zero-order valence-corrected chi connectivity index (χ0v) is 17.7. The second-order valence-electron chi connectivity index (χ2n) is 7.56. The van der Waals surface area contributed by atoms with Crippen LogP contribution in [0.3, 0.4) is 0 Å². The first-order valence-corrected chi connectivity index (χ1v) is 10.9. The van der Waals surface area contributed by atoms with Gasteiger partial charge >= 0.3 is 0 Å². The number of ether oxygens (including phenoxy) is 1. The van der Waals surface area contributed by atoms with Gasteiger partial charge in [-0.25, -0.2) is 21.6 Å². The van der Waals surface area contributed by atoms with E-state index in [0.717, 1.165) is 7.11 Å². The maximum absolute atomic E-state index is 14.7. The number of methoxy groups -OCH3 is 1. The van der Waals surface area contributed by atoms with Crippen molar-refractivity contribution in [3.8, 4) is 5.75 Å². The van der Waals surface area contributed by atoms with E-state index in [0.29, 0.717) is 11.6 Å². The summed E-state index contributed by atoms with van der Waals surface area (Å²) in [6.45, 7) is 1.03. The van der Waals surface area contributed by atoms with Crippen LogP contribution >= 0.6 is 0 Å². The predicted molar refractivity (Wildman–Crippen MR) is 110 cm³/mol. The van der Waals surface area contributed by atoms with Crippen LogP contribution in [0.25, 0.3) is 0 Å². The Labute approximate surface area is 177 Å². The van der Waals surface area contributed by atoms with Crippen LogP contribution < -0.4 is 14.8 Å². The number of hydrogen-bond donors (Lipinski definition) is 4. The molecule has 3 rings (SSSR count). The molecule has 0 amide bonds. The number of nitrogens with one attached hydrogen (secondary N) is 2. The topological polar surface area (TPSA) is 108 Å². The summed E-state index contributed by atoms with van der Waals surface area (Å²) in [7, 11) is -3.08. The summed E-state index contributed by atoms with van der Waals surface area (Å²) >= 11 is 0. The minimum atomic E-state index is -4.22. The van der Waals surface area contributed by atoms with Crippen molar-refractivity contribution in [1.82, 2.24) is 0 Å². The van der Waals surface area contributed by atoms with Crippen molar-refractivity contribution in [2.24, 2.45) is 0 Å². The molecule has 1 unspecified atom stereocenters. The lowest BCUT2D eigenvalue weighted by molar-refractivity contribution is 0.0858. The maximum atomic E-state index is 14.7. The van der Waals surface area contributed by atoms with Gasteiger partial charge in [0.15, 0.2) is 11.6 Å². The number of aliphatic hydroxyl groups excluding tert-OH is 2. The van der Waals surface area contributed by atoms with E-state index in [4.69, 9.17) is 9.84 Å². The average Bonchev–Trinajstić information content (AvgIpc) is 3.50. The first-order chi connectivity index (χ1) is 14.5. The van der Waals surface area contributed by atoms with Gasteiger partial charge in [-0.05, 0) is 43.9 Å². The Balaban J connectivity index is 2.06. The van der Waals surface area contributed by atoms with E-state index in [2.05, 4.69) is 10.0 Å². The molecule has 1 aliphatic carbocycles. The Bertz CT molecular complexity index is 1090. The van der Waals surface area contributed by atoms with Crippen LogP contribution in [-0.4, -0.2) is 43.2 Å². The molecule has 0 heterocycles. The number of anilines is 3. The van der Waals surface area contributed by atoms with Crippen molar-refractivity contribution in [1.29, 1.82) is 0 Å². The fourth-order valence-electron chi connectivity index (χ4n) is 3.30. The van der Waals surface area contributed by atoms with Crippen LogP contribution in [0.5, 0.6) is 5.75 Å². The van der Waals surface area contributed by atoms with Crippen LogP contribution in [-0.2, 0) is 10.0 Å². The molecule has 4 N–H and O–H groups in total. The van der Waals surface area contributed by atoms with E-state index >= 15 is 0 Å². The van der Waals surface area contributed by atoms with Gasteiger partial charge in [-0.2, -0.15) is 0 Å². The largest absolute Gasteiger partial charge is 0.494 e. The van der Waals surface area contributed by atoms with Gasteiger partial charge in [0, 0.05) is 6.07 Å². The van der Waals surface area contributed by atoms with Crippen molar-refractivity contribution in [2.75, 3.05) is 23.8 Å². The second kappa shape index (κ2) is 8.56. The molecule has 1 fully saturated rings. The summed E-state index contributed by atoms with van der Waals surface area (Å²) in [5.41, 5.74) is -0.693. The fourth-order valence-corrected chi connectivity index (χ4v) is 5.04. The molecule has 0 spiro atoms. The number of rotatable bonds is 9. The number of hydrogen-bond acceptors (Lipinski definition) is 6. The summed E-state index contributed by atoms with van der Waals surface area (Å²) in [6.07, 6.45) is -1.08. The molecule has 1 aliphatic rings. The highest BCUT2D eigenvalue weighted by Gasteiger charge is 2.55. The first kappa shape index (κ1) is 23.2. The minimum Gasteiger partial charge on any atom is -0.494 e. The van der Waals surface area contributed by atoms with E-state index in [9.17, 15) is 26.7 Å². The van der Waals surface area contributed by atoms with E-state index in [1.807, 2.05) is 0 Å². The Morgan fingerprint density at radius 1 is 1.16 bits per heavy atom. The number of aliphatic hydroxyl groups is 2. The molecule has 7 nitrogen and oxygen atoms in total. The van der Waals surface area contributed by atoms with Crippen LogP contribution in [0, 0.1) is 24.4 Å². The monoisotopic (exact) mass is 460 g/mol. The molecule has 2 aromatic carbocycles. The number of sulfonamides is 1. The van der Waals surface area contributed by atoms with Crippen LogP contribution in [0.2, 0.25) is 0 Å². The lowest BCUT2D eigenvalue weighted by Gasteiger charge is -2.23. The number of aryl methyl sites for hydroxylation is 1. The highest BCUT2D eigenvalue weighted by molar-refractivity contribution is 7.94. The van der Waals surface area contributed by atoms with Crippen molar-refractivity contribution in [3.05, 3.63) is 47.3 Å². The third-order valence-corrected chi connectivity index (χ3v) is 7.41. The zero-order valence-electron chi connectivity index (χ0n) is 16.9. The van der Waals surface area contributed by atoms with Crippen molar-refractivity contribution in [2.45, 2.75) is 37.0 Å². The Morgan fingerprint density at radius 3 is 2.39 bits per heavy atom. The summed E-state index contributed by atoms with van der Waals surface area (Å²) in [5.74, 6) is -3.83. The van der Waals surface area contributed by atoms with Crippen molar-refractivity contribution in [3.63, 3.8) is 0 Å². The van der Waals surface area contributed by atoms with Gasteiger partial charge < -0.3 is 20.3 Å². The standard InChI is InChI=1S/C20H23F3N2O5S/c1-11-3-4-15(13(21)7-11)24-19-17(23)14(22)8-16(30-2)18(19)25-31(28,29)20(5-6-20)9-12(27)10-26/h3-4,7-8,12,24-27H,5-6,9-10H2,1-2H3. The van der Waals surface area contributed by atoms with E-state index in [1.165, 1.54) is 12.1 Å². The minimum absolute atomic E-state index is 0.200. The summed E-state index contributed by atoms with van der Waals surface area (Å²) in [4.78, 5) is 0. The molecule has 0 aromatic heterocycles. The molecule has 1 atom stereocenters. The van der Waals surface area contributed by atoms with Gasteiger partial charge in [-0.1, -0.05) is 6.07 Å². The molecule has 0 aliphatic heterocycles. The van der Waals surface area contributed by atoms with E-state index < -0.39 is 56.3 Å². The Hall–Kier alpha value is -2.50. The average molecular weight is 460 g/mol. The molecule has 31 heavy (non-hydrogen) atoms. The molecule has 11 heteroatoms. The van der Waals surface area contributed by atoms with E-state index in [-0.39, 0.29) is 30.7 Å². The third-order valence-electron chi connectivity index (χ3n) is 5.22. The number of benzene rings is 2. The Kier molecular flexibility index (Phi) is 6.40. The summed E-state index contributed by atoms with van der Waals surface area (Å²) < 4.78 is 75.1. The van der Waals surface area contributed by atoms with Gasteiger partial charge in [0.05, 0.1) is 30.3 Å². The molecule has 1 saturated carbocycles. The first-order valence-electron chi connectivity index (χ1n) is 9.44. The summed E-state index contributed by atoms with van der Waals surface area (Å²) in [5, 5.41) is 21.2. The highest BCUT2D eigenvalue weighted by atomic mass is 32.2. The fraction of sp³-hybridized carbons (Fsp3) is 0.400.